The SMILES string of the molecule is CCCC.C[C@@H]1CCN(C)C1. The number of likely N-dealkylation sites (tertiary alicyclic amines) is 1. The van der Waals surface area contributed by atoms with Gasteiger partial charge in [0.2, 0.25) is 0 Å². The third-order valence-electron chi connectivity index (χ3n) is 2.13. The minimum Gasteiger partial charge on any atom is -0.306 e. The summed E-state index contributed by atoms with van der Waals surface area (Å²) in [5.74, 6) is 0.949. The number of rotatable bonds is 1. The lowest BCUT2D eigenvalue weighted by atomic mass is 10.2. The van der Waals surface area contributed by atoms with Gasteiger partial charge in [0.1, 0.15) is 0 Å². The minimum atomic E-state index is 0.949. The fourth-order valence-corrected chi connectivity index (χ4v) is 1.16. The summed E-state index contributed by atoms with van der Waals surface area (Å²) in [6.07, 6.45) is 4.04. The molecule has 0 aromatic heterocycles. The molecular formula is C10H23N. The first-order valence-electron chi connectivity index (χ1n) is 4.89. The molecule has 0 saturated carbocycles. The van der Waals surface area contributed by atoms with Crippen molar-refractivity contribution in [1.82, 2.24) is 4.90 Å². The van der Waals surface area contributed by atoms with Crippen molar-refractivity contribution in [3.05, 3.63) is 0 Å². The number of nitrogens with zero attached hydrogens (tertiary/aromatic N) is 1. The number of hydrogen-bond acceptors (Lipinski definition) is 1. The van der Waals surface area contributed by atoms with Gasteiger partial charge in [-0.05, 0) is 25.9 Å². The van der Waals surface area contributed by atoms with Crippen LogP contribution < -0.4 is 0 Å². The molecule has 1 saturated heterocycles. The van der Waals surface area contributed by atoms with Crippen LogP contribution in [0.25, 0.3) is 0 Å². The van der Waals surface area contributed by atoms with Gasteiger partial charge in [-0.2, -0.15) is 0 Å². The highest BCUT2D eigenvalue weighted by Crippen LogP contribution is 2.11. The van der Waals surface area contributed by atoms with Crippen LogP contribution in [0.15, 0.2) is 0 Å². The Morgan fingerprint density at radius 3 is 1.91 bits per heavy atom. The molecule has 0 bridgehead atoms. The first-order valence-corrected chi connectivity index (χ1v) is 4.89. The van der Waals surface area contributed by atoms with E-state index in [0.29, 0.717) is 0 Å². The fraction of sp³-hybridized carbons (Fsp3) is 1.00. The normalized spacial score (nSPS) is 24.5. The molecule has 0 radical (unpaired) electrons. The average molecular weight is 157 g/mol. The Hall–Kier alpha value is -0.0400. The Labute approximate surface area is 71.8 Å². The van der Waals surface area contributed by atoms with Gasteiger partial charge in [-0.3, -0.25) is 0 Å². The first kappa shape index (κ1) is 11.0. The Balaban J connectivity index is 0.000000218. The molecule has 1 nitrogen and oxygen atoms in total. The maximum absolute atomic E-state index is 2.38. The van der Waals surface area contributed by atoms with Crippen molar-refractivity contribution in [3.63, 3.8) is 0 Å². The monoisotopic (exact) mass is 157 g/mol. The van der Waals surface area contributed by atoms with Gasteiger partial charge in [0, 0.05) is 6.54 Å². The summed E-state index contributed by atoms with van der Waals surface area (Å²) in [5.41, 5.74) is 0. The summed E-state index contributed by atoms with van der Waals surface area (Å²) in [6.45, 7) is 9.28. The van der Waals surface area contributed by atoms with Gasteiger partial charge >= 0.3 is 0 Å². The van der Waals surface area contributed by atoms with E-state index in [9.17, 15) is 0 Å². The van der Waals surface area contributed by atoms with Crippen LogP contribution in [0.5, 0.6) is 0 Å². The Kier molecular flexibility index (Phi) is 6.63. The number of unbranched alkanes of at least 4 members (excludes halogenated alkanes) is 1. The highest BCUT2D eigenvalue weighted by atomic mass is 15.1. The van der Waals surface area contributed by atoms with Crippen molar-refractivity contribution < 1.29 is 0 Å². The van der Waals surface area contributed by atoms with Crippen LogP contribution in [-0.2, 0) is 0 Å². The molecule has 0 N–H and O–H groups in total. The zero-order valence-corrected chi connectivity index (χ0v) is 8.56. The average Bonchev–Trinajstić information content (AvgIpc) is 2.35. The Bertz CT molecular complexity index is 70.9. The van der Waals surface area contributed by atoms with Crippen LogP contribution in [-0.4, -0.2) is 25.0 Å². The maximum Gasteiger partial charge on any atom is 0.000445 e. The molecule has 1 aliphatic rings. The second kappa shape index (κ2) is 6.66. The fourth-order valence-electron chi connectivity index (χ4n) is 1.16. The van der Waals surface area contributed by atoms with Crippen molar-refractivity contribution in [2.75, 3.05) is 20.1 Å². The molecule has 1 fully saturated rings. The van der Waals surface area contributed by atoms with Crippen LogP contribution in [0.3, 0.4) is 0 Å². The summed E-state index contributed by atoms with van der Waals surface area (Å²) in [6, 6.07) is 0. The quantitative estimate of drug-likeness (QED) is 0.565. The van der Waals surface area contributed by atoms with Gasteiger partial charge in [-0.15, -0.1) is 0 Å². The Morgan fingerprint density at radius 2 is 1.82 bits per heavy atom. The van der Waals surface area contributed by atoms with Gasteiger partial charge in [0.25, 0.3) is 0 Å². The molecule has 1 aliphatic heterocycles. The second-order valence-corrected chi connectivity index (χ2v) is 3.66. The Morgan fingerprint density at radius 1 is 1.27 bits per heavy atom. The van der Waals surface area contributed by atoms with E-state index in [1.54, 1.807) is 0 Å². The lowest BCUT2D eigenvalue weighted by Crippen LogP contribution is -2.12. The highest BCUT2D eigenvalue weighted by Gasteiger charge is 2.13. The van der Waals surface area contributed by atoms with Crippen LogP contribution in [0.1, 0.15) is 40.0 Å². The van der Waals surface area contributed by atoms with Crippen molar-refractivity contribution in [3.8, 4) is 0 Å². The van der Waals surface area contributed by atoms with E-state index in [2.05, 4.69) is 32.7 Å². The first-order chi connectivity index (χ1) is 5.20. The summed E-state index contributed by atoms with van der Waals surface area (Å²) in [4.78, 5) is 2.38. The van der Waals surface area contributed by atoms with Crippen LogP contribution in [0.2, 0.25) is 0 Å². The maximum atomic E-state index is 2.38. The number of hydrogen-bond donors (Lipinski definition) is 0. The van der Waals surface area contributed by atoms with Gasteiger partial charge in [0.05, 0.1) is 0 Å². The van der Waals surface area contributed by atoms with E-state index in [1.807, 2.05) is 0 Å². The summed E-state index contributed by atoms with van der Waals surface area (Å²) >= 11 is 0. The smallest absolute Gasteiger partial charge is 0.000445 e. The van der Waals surface area contributed by atoms with Crippen molar-refractivity contribution in [2.24, 2.45) is 5.92 Å². The lowest BCUT2D eigenvalue weighted by Gasteiger charge is -2.03. The van der Waals surface area contributed by atoms with Gasteiger partial charge in [-0.25, -0.2) is 0 Å². The molecule has 11 heavy (non-hydrogen) atoms. The molecule has 1 heterocycles. The third-order valence-corrected chi connectivity index (χ3v) is 2.13. The molecule has 0 aromatic carbocycles. The zero-order valence-electron chi connectivity index (χ0n) is 8.56. The molecule has 1 rings (SSSR count). The molecule has 0 aliphatic carbocycles. The molecule has 0 spiro atoms. The molecule has 0 unspecified atom stereocenters. The minimum absolute atomic E-state index is 0.949. The summed E-state index contributed by atoms with van der Waals surface area (Å²) in [5, 5.41) is 0. The molecule has 0 aromatic rings. The van der Waals surface area contributed by atoms with E-state index in [-0.39, 0.29) is 0 Å². The standard InChI is InChI=1S/C6H13N.C4H10/c1-6-3-4-7(2)5-6;1-3-4-2/h6H,3-5H2,1-2H3;3-4H2,1-2H3/t6-;/m1./s1. The van der Waals surface area contributed by atoms with Crippen molar-refractivity contribution in [1.29, 1.82) is 0 Å². The van der Waals surface area contributed by atoms with E-state index >= 15 is 0 Å². The second-order valence-electron chi connectivity index (χ2n) is 3.66. The van der Waals surface area contributed by atoms with Crippen molar-refractivity contribution in [2.45, 2.75) is 40.0 Å². The van der Waals surface area contributed by atoms with E-state index in [0.717, 1.165) is 5.92 Å². The predicted octanol–water partition coefficient (Wildman–Crippen LogP) is 2.76. The lowest BCUT2D eigenvalue weighted by molar-refractivity contribution is 0.402. The van der Waals surface area contributed by atoms with Crippen LogP contribution in [0, 0.1) is 5.92 Å². The van der Waals surface area contributed by atoms with E-state index in [1.165, 1.54) is 32.4 Å². The topological polar surface area (TPSA) is 3.24 Å². The summed E-state index contributed by atoms with van der Waals surface area (Å²) < 4.78 is 0. The van der Waals surface area contributed by atoms with Gasteiger partial charge < -0.3 is 4.90 Å². The highest BCUT2D eigenvalue weighted by molar-refractivity contribution is 4.67. The molecule has 0 amide bonds. The zero-order chi connectivity index (χ0) is 8.69. The van der Waals surface area contributed by atoms with Gasteiger partial charge in [0.15, 0.2) is 0 Å². The molecular weight excluding hydrogens is 134 g/mol. The van der Waals surface area contributed by atoms with Gasteiger partial charge in [-0.1, -0.05) is 33.6 Å². The third kappa shape index (κ3) is 6.36. The molecule has 1 atom stereocenters. The van der Waals surface area contributed by atoms with Crippen LogP contribution in [0.4, 0.5) is 0 Å². The van der Waals surface area contributed by atoms with Crippen molar-refractivity contribution >= 4 is 0 Å². The molecule has 68 valence electrons. The summed E-state index contributed by atoms with van der Waals surface area (Å²) in [7, 11) is 2.18. The largest absolute Gasteiger partial charge is 0.306 e. The molecule has 1 heteroatoms. The van der Waals surface area contributed by atoms with Crippen LogP contribution >= 0.6 is 0 Å². The predicted molar refractivity (Wildman–Crippen MR) is 51.9 cm³/mol. The van der Waals surface area contributed by atoms with E-state index < -0.39 is 0 Å². The van der Waals surface area contributed by atoms with E-state index in [4.69, 9.17) is 0 Å².